The highest BCUT2D eigenvalue weighted by atomic mass is 79.9. The summed E-state index contributed by atoms with van der Waals surface area (Å²) in [6.45, 7) is 2.23. The number of carboxylic acid groups (broad SMARTS) is 1. The molecule has 0 radical (unpaired) electrons. The largest absolute Gasteiger partial charge is 0.480 e. The second-order valence-electron chi connectivity index (χ2n) is 5.49. The van der Waals surface area contributed by atoms with Gasteiger partial charge in [-0.25, -0.2) is 9.37 Å². The van der Waals surface area contributed by atoms with Crippen LogP contribution in [0.25, 0.3) is 0 Å². The molecule has 2 heterocycles. The van der Waals surface area contributed by atoms with E-state index in [-0.39, 0.29) is 5.56 Å². The van der Waals surface area contributed by atoms with E-state index in [9.17, 15) is 14.3 Å². The number of carboxylic acids is 1. The van der Waals surface area contributed by atoms with E-state index in [0.29, 0.717) is 30.7 Å². The zero-order chi connectivity index (χ0) is 17.1. The monoisotopic (exact) mass is 394 g/mol. The predicted molar refractivity (Wildman–Crippen MR) is 90.3 cm³/mol. The van der Waals surface area contributed by atoms with Gasteiger partial charge >= 0.3 is 5.97 Å². The van der Waals surface area contributed by atoms with Gasteiger partial charge in [-0.05, 0) is 12.1 Å². The van der Waals surface area contributed by atoms with Crippen LogP contribution in [0.1, 0.15) is 11.6 Å². The van der Waals surface area contributed by atoms with Gasteiger partial charge in [0, 0.05) is 48.6 Å². The van der Waals surface area contributed by atoms with Gasteiger partial charge in [0.1, 0.15) is 17.7 Å². The van der Waals surface area contributed by atoms with Crippen molar-refractivity contribution in [3.05, 3.63) is 52.6 Å². The van der Waals surface area contributed by atoms with E-state index in [1.165, 1.54) is 12.1 Å². The fourth-order valence-corrected chi connectivity index (χ4v) is 3.21. The highest BCUT2D eigenvalue weighted by Crippen LogP contribution is 2.27. The third-order valence-corrected chi connectivity index (χ3v) is 4.54. The molecule has 126 valence electrons. The summed E-state index contributed by atoms with van der Waals surface area (Å²) in [7, 11) is 0. The molecule has 1 unspecified atom stereocenters. The Balaban J connectivity index is 1.76. The first-order valence-electron chi connectivity index (χ1n) is 7.49. The van der Waals surface area contributed by atoms with Crippen molar-refractivity contribution in [1.29, 1.82) is 0 Å². The van der Waals surface area contributed by atoms with Crippen LogP contribution in [-0.4, -0.2) is 52.1 Å². The van der Waals surface area contributed by atoms with Gasteiger partial charge in [-0.3, -0.25) is 14.7 Å². The lowest BCUT2D eigenvalue weighted by atomic mass is 10.0. The Morgan fingerprint density at radius 2 is 2.00 bits per heavy atom. The van der Waals surface area contributed by atoms with Gasteiger partial charge in [-0.15, -0.1) is 0 Å². The lowest BCUT2D eigenvalue weighted by Crippen LogP contribution is -2.49. The Labute approximate surface area is 147 Å². The topological polar surface area (TPSA) is 69.6 Å². The Morgan fingerprint density at radius 1 is 1.25 bits per heavy atom. The first kappa shape index (κ1) is 16.8. The molecule has 0 saturated carbocycles. The summed E-state index contributed by atoms with van der Waals surface area (Å²) in [5, 5.41) is 9.60. The van der Waals surface area contributed by atoms with Crippen molar-refractivity contribution in [2.75, 3.05) is 31.1 Å². The molecule has 1 aliphatic heterocycles. The number of halogens is 2. The summed E-state index contributed by atoms with van der Waals surface area (Å²) in [5.41, 5.74) is 0.179. The van der Waals surface area contributed by atoms with Crippen molar-refractivity contribution >= 4 is 27.7 Å². The highest BCUT2D eigenvalue weighted by Gasteiger charge is 2.32. The number of rotatable bonds is 4. The van der Waals surface area contributed by atoms with Gasteiger partial charge in [-0.2, -0.15) is 0 Å². The fraction of sp³-hybridized carbons (Fsp3) is 0.312. The van der Waals surface area contributed by atoms with Crippen LogP contribution in [0.4, 0.5) is 10.2 Å². The molecule has 0 aliphatic carbocycles. The van der Waals surface area contributed by atoms with Crippen LogP contribution in [0.2, 0.25) is 0 Å². The molecule has 2 aromatic rings. The average Bonchev–Trinajstić information content (AvgIpc) is 2.58. The second kappa shape index (κ2) is 7.23. The normalized spacial score (nSPS) is 16.8. The number of aromatic nitrogens is 2. The fourth-order valence-electron chi connectivity index (χ4n) is 2.87. The number of nitrogens with zero attached hydrogens (tertiary/aromatic N) is 4. The zero-order valence-electron chi connectivity index (χ0n) is 12.8. The molecule has 1 atom stereocenters. The first-order valence-corrected chi connectivity index (χ1v) is 8.28. The van der Waals surface area contributed by atoms with Crippen molar-refractivity contribution in [2.24, 2.45) is 0 Å². The van der Waals surface area contributed by atoms with Gasteiger partial charge in [0.15, 0.2) is 0 Å². The van der Waals surface area contributed by atoms with E-state index < -0.39 is 17.8 Å². The molecular formula is C16H16BrFN4O2. The Morgan fingerprint density at radius 3 is 2.58 bits per heavy atom. The molecule has 1 aliphatic rings. The van der Waals surface area contributed by atoms with Crippen LogP contribution < -0.4 is 4.90 Å². The van der Waals surface area contributed by atoms with Crippen molar-refractivity contribution < 1.29 is 14.3 Å². The molecule has 1 aromatic heterocycles. The van der Waals surface area contributed by atoms with Gasteiger partial charge in [0.25, 0.3) is 0 Å². The molecule has 0 bridgehead atoms. The SMILES string of the molecule is O=C(O)C(c1ccc(Br)cc1F)N1CCN(c2cnccn2)CC1. The average molecular weight is 395 g/mol. The smallest absolute Gasteiger partial charge is 0.325 e. The molecule has 8 heteroatoms. The van der Waals surface area contributed by atoms with Crippen LogP contribution in [0.3, 0.4) is 0 Å². The summed E-state index contributed by atoms with van der Waals surface area (Å²) in [6.07, 6.45) is 4.91. The Bertz CT molecular complexity index is 723. The van der Waals surface area contributed by atoms with E-state index in [1.54, 1.807) is 29.6 Å². The molecule has 6 nitrogen and oxygen atoms in total. The van der Waals surface area contributed by atoms with E-state index in [0.717, 1.165) is 5.82 Å². The van der Waals surface area contributed by atoms with E-state index in [1.807, 2.05) is 4.90 Å². The Kier molecular flexibility index (Phi) is 5.06. The lowest BCUT2D eigenvalue weighted by Gasteiger charge is -2.38. The standard InChI is InChI=1S/C16H16BrFN4O2/c17-11-1-2-12(13(18)9-11)15(16(23)24)22-7-5-21(6-8-22)14-10-19-3-4-20-14/h1-4,9-10,15H,5-8H2,(H,23,24). The summed E-state index contributed by atoms with van der Waals surface area (Å²) < 4.78 is 14.8. The molecule has 1 fully saturated rings. The van der Waals surface area contributed by atoms with Crippen molar-refractivity contribution in [3.8, 4) is 0 Å². The number of anilines is 1. The minimum atomic E-state index is -1.05. The summed E-state index contributed by atoms with van der Waals surface area (Å²) in [6, 6.07) is 3.47. The molecule has 1 aromatic carbocycles. The van der Waals surface area contributed by atoms with E-state index >= 15 is 0 Å². The van der Waals surface area contributed by atoms with Crippen LogP contribution in [0.5, 0.6) is 0 Å². The third-order valence-electron chi connectivity index (χ3n) is 4.04. The second-order valence-corrected chi connectivity index (χ2v) is 6.41. The van der Waals surface area contributed by atoms with Gasteiger partial charge in [-0.1, -0.05) is 22.0 Å². The number of piperazine rings is 1. The van der Waals surface area contributed by atoms with E-state index in [2.05, 4.69) is 25.9 Å². The number of carbonyl (C=O) groups is 1. The molecule has 1 saturated heterocycles. The van der Waals surface area contributed by atoms with Crippen LogP contribution in [-0.2, 0) is 4.79 Å². The minimum Gasteiger partial charge on any atom is -0.480 e. The summed E-state index contributed by atoms with van der Waals surface area (Å²) >= 11 is 3.19. The maximum atomic E-state index is 14.2. The van der Waals surface area contributed by atoms with E-state index in [4.69, 9.17) is 0 Å². The lowest BCUT2D eigenvalue weighted by molar-refractivity contribution is -0.143. The molecule has 0 amide bonds. The summed E-state index contributed by atoms with van der Waals surface area (Å²) in [5.74, 6) is -0.809. The number of benzene rings is 1. The maximum Gasteiger partial charge on any atom is 0.325 e. The minimum absolute atomic E-state index is 0.179. The molecule has 24 heavy (non-hydrogen) atoms. The van der Waals surface area contributed by atoms with Crippen LogP contribution >= 0.6 is 15.9 Å². The highest BCUT2D eigenvalue weighted by molar-refractivity contribution is 9.10. The Hall–Kier alpha value is -2.06. The van der Waals surface area contributed by atoms with Gasteiger partial charge in [0.2, 0.25) is 0 Å². The predicted octanol–water partition coefficient (Wildman–Crippen LogP) is 2.33. The number of hydrogen-bond acceptors (Lipinski definition) is 5. The zero-order valence-corrected chi connectivity index (χ0v) is 14.4. The molecular weight excluding hydrogens is 379 g/mol. The molecule has 3 rings (SSSR count). The molecule has 0 spiro atoms. The number of aliphatic carboxylic acids is 1. The number of hydrogen-bond donors (Lipinski definition) is 1. The maximum absolute atomic E-state index is 14.2. The van der Waals surface area contributed by atoms with Crippen molar-refractivity contribution in [2.45, 2.75) is 6.04 Å². The van der Waals surface area contributed by atoms with Crippen molar-refractivity contribution in [1.82, 2.24) is 14.9 Å². The van der Waals surface area contributed by atoms with Gasteiger partial charge < -0.3 is 10.0 Å². The quantitative estimate of drug-likeness (QED) is 0.857. The molecule has 1 N–H and O–H groups in total. The third kappa shape index (κ3) is 3.54. The first-order chi connectivity index (χ1) is 11.6. The van der Waals surface area contributed by atoms with Crippen molar-refractivity contribution in [3.63, 3.8) is 0 Å². The van der Waals surface area contributed by atoms with Crippen LogP contribution in [0, 0.1) is 5.82 Å². The van der Waals surface area contributed by atoms with Crippen LogP contribution in [0.15, 0.2) is 41.3 Å². The summed E-state index contributed by atoms with van der Waals surface area (Å²) in [4.78, 5) is 23.8. The van der Waals surface area contributed by atoms with Gasteiger partial charge in [0.05, 0.1) is 6.20 Å².